The van der Waals surface area contributed by atoms with Gasteiger partial charge in [-0.2, -0.15) is 18.3 Å². The highest BCUT2D eigenvalue weighted by Gasteiger charge is 2.41. The summed E-state index contributed by atoms with van der Waals surface area (Å²) in [5.74, 6) is -2.92. The van der Waals surface area contributed by atoms with E-state index < -0.39 is 46.9 Å². The van der Waals surface area contributed by atoms with Gasteiger partial charge in [-0.25, -0.2) is 23.1 Å². The highest BCUT2D eigenvalue weighted by Crippen LogP contribution is 2.50. The molecule has 7 rings (SSSR count). The Morgan fingerprint density at radius 1 is 1.04 bits per heavy atom. The minimum absolute atomic E-state index is 0.0781. The molecule has 228 valence electrons. The maximum absolute atomic E-state index is 14.5. The number of amides is 3. The molecule has 15 heteroatoms. The van der Waals surface area contributed by atoms with Crippen molar-refractivity contribution in [1.29, 1.82) is 0 Å². The molecule has 0 fully saturated rings. The summed E-state index contributed by atoms with van der Waals surface area (Å²) in [6.45, 7) is 0.268. The van der Waals surface area contributed by atoms with E-state index >= 15 is 0 Å². The number of hydrogen-bond donors (Lipinski definition) is 2. The van der Waals surface area contributed by atoms with Crippen LogP contribution in [-0.2, 0) is 12.6 Å². The van der Waals surface area contributed by atoms with E-state index in [1.165, 1.54) is 17.3 Å². The molecule has 0 bridgehead atoms. The van der Waals surface area contributed by atoms with Gasteiger partial charge in [0.2, 0.25) is 0 Å². The fourth-order valence-electron chi connectivity index (χ4n) is 5.84. The first-order chi connectivity index (χ1) is 21.4. The number of anilines is 2. The lowest BCUT2D eigenvalue weighted by atomic mass is 9.87. The van der Waals surface area contributed by atoms with Gasteiger partial charge in [-0.1, -0.05) is 11.6 Å². The van der Waals surface area contributed by atoms with Crippen LogP contribution in [0, 0.1) is 11.6 Å². The van der Waals surface area contributed by atoms with Crippen molar-refractivity contribution in [3.63, 3.8) is 0 Å². The Morgan fingerprint density at radius 2 is 1.84 bits per heavy atom. The maximum atomic E-state index is 14.5. The molecule has 0 spiro atoms. The lowest BCUT2D eigenvalue weighted by Gasteiger charge is -2.35. The van der Waals surface area contributed by atoms with Crippen molar-refractivity contribution in [2.24, 2.45) is 0 Å². The number of aromatic nitrogens is 3. The third-order valence-corrected chi connectivity index (χ3v) is 8.89. The van der Waals surface area contributed by atoms with Crippen LogP contribution in [-0.4, -0.2) is 33.1 Å². The zero-order valence-corrected chi connectivity index (χ0v) is 24.9. The largest absolute Gasteiger partial charge is 0.416 e. The third kappa shape index (κ3) is 4.88. The lowest BCUT2D eigenvalue weighted by Crippen LogP contribution is -2.46. The van der Waals surface area contributed by atoms with E-state index in [4.69, 9.17) is 11.6 Å². The lowest BCUT2D eigenvalue weighted by molar-refractivity contribution is -0.137. The van der Waals surface area contributed by atoms with Gasteiger partial charge in [0.25, 0.3) is 5.91 Å². The van der Waals surface area contributed by atoms with Crippen molar-refractivity contribution in [3.05, 3.63) is 110 Å². The van der Waals surface area contributed by atoms with Gasteiger partial charge in [0, 0.05) is 39.5 Å². The first-order valence-corrected chi connectivity index (χ1v) is 14.5. The number of nitrogens with zero attached hydrogens (tertiary/aromatic N) is 4. The second-order valence-electron chi connectivity index (χ2n) is 10.4. The van der Waals surface area contributed by atoms with Gasteiger partial charge in [-0.15, -0.1) is 0 Å². The molecular weight excluding hydrogens is 687 g/mol. The Hall–Kier alpha value is -4.56. The summed E-state index contributed by atoms with van der Waals surface area (Å²) in [6, 6.07) is 8.70. The molecule has 45 heavy (non-hydrogen) atoms. The molecule has 8 nitrogen and oxygen atoms in total. The van der Waals surface area contributed by atoms with Crippen LogP contribution in [0.1, 0.15) is 38.7 Å². The van der Waals surface area contributed by atoms with E-state index in [1.807, 2.05) is 0 Å². The number of carbonyl (C=O) groups is 2. The van der Waals surface area contributed by atoms with Crippen molar-refractivity contribution >= 4 is 56.5 Å². The first kappa shape index (κ1) is 29.2. The molecular formula is C30H17BrClF5N6O2. The quantitative estimate of drug-likeness (QED) is 0.150. The Labute approximate surface area is 263 Å². The third-order valence-electron chi connectivity index (χ3n) is 7.78. The number of carbonyl (C=O) groups excluding carboxylic acids is 2. The van der Waals surface area contributed by atoms with E-state index in [1.54, 1.807) is 22.7 Å². The monoisotopic (exact) mass is 702 g/mol. The highest BCUT2D eigenvalue weighted by atomic mass is 79.9. The topological polar surface area (TPSA) is 91.6 Å². The molecule has 3 aromatic carbocycles. The predicted molar refractivity (Wildman–Crippen MR) is 158 cm³/mol. The molecule has 2 aliphatic rings. The molecule has 1 atom stereocenters. The molecule has 0 radical (unpaired) electrons. The van der Waals surface area contributed by atoms with Crippen LogP contribution >= 0.6 is 27.5 Å². The van der Waals surface area contributed by atoms with Gasteiger partial charge >= 0.3 is 12.2 Å². The average Bonchev–Trinajstić information content (AvgIpc) is 3.65. The number of urea groups is 1. The first-order valence-electron chi connectivity index (χ1n) is 13.3. The Balaban J connectivity index is 1.47. The number of halogens is 7. The van der Waals surface area contributed by atoms with Gasteiger partial charge in [0.1, 0.15) is 22.6 Å². The Kier molecular flexibility index (Phi) is 6.82. The van der Waals surface area contributed by atoms with Crippen LogP contribution in [0.15, 0.2) is 65.5 Å². The van der Waals surface area contributed by atoms with Crippen LogP contribution in [0.4, 0.5) is 38.1 Å². The van der Waals surface area contributed by atoms with Crippen LogP contribution in [0.5, 0.6) is 0 Å². The summed E-state index contributed by atoms with van der Waals surface area (Å²) in [5, 5.41) is 9.81. The maximum Gasteiger partial charge on any atom is 0.416 e. The van der Waals surface area contributed by atoms with E-state index in [0.717, 1.165) is 17.7 Å². The predicted octanol–water partition coefficient (Wildman–Crippen LogP) is 7.54. The molecule has 0 saturated carbocycles. The number of alkyl halides is 3. The zero-order chi connectivity index (χ0) is 31.8. The van der Waals surface area contributed by atoms with E-state index in [9.17, 15) is 31.5 Å². The number of pyridine rings is 1. The summed E-state index contributed by atoms with van der Waals surface area (Å²) < 4.78 is 71.2. The standard InChI is InChI=1S/C30H17BrClF5N6O2/c31-27-18(2-4-23-38-12-39-43(23)27)19-11-22(40-28(44)13-7-14(30(35,36)37)9-16(34)8-13)24-25(20-10-15(33)1-3-21(20)32)41-29(45)42-6-5-17(19)26(24)42/h1-4,7-12,25H,5-6H2,(H,40,44)(H,41,45). The molecule has 1 unspecified atom stereocenters. The van der Waals surface area contributed by atoms with E-state index in [-0.39, 0.29) is 22.8 Å². The SMILES string of the molecule is O=C(Nc1cc(-c2ccc3ncnn3c2Br)c2c3c1C(c1cc(F)ccc1Cl)NC(=O)N3CC2)c1cc(F)cc(C(F)(F)F)c1. The van der Waals surface area contributed by atoms with Crippen molar-refractivity contribution < 1.29 is 31.5 Å². The van der Waals surface area contributed by atoms with Crippen LogP contribution < -0.4 is 15.5 Å². The van der Waals surface area contributed by atoms with Crippen molar-refractivity contribution in [1.82, 2.24) is 19.9 Å². The van der Waals surface area contributed by atoms with Gasteiger partial charge < -0.3 is 10.6 Å². The summed E-state index contributed by atoms with van der Waals surface area (Å²) in [5.41, 5.74) is 1.56. The number of hydrogen-bond acceptors (Lipinski definition) is 4. The fourth-order valence-corrected chi connectivity index (χ4v) is 6.69. The smallest absolute Gasteiger partial charge is 0.327 e. The molecule has 2 aliphatic heterocycles. The van der Waals surface area contributed by atoms with Crippen molar-refractivity contribution in [3.8, 4) is 11.1 Å². The van der Waals surface area contributed by atoms with E-state index in [0.29, 0.717) is 57.2 Å². The van der Waals surface area contributed by atoms with Gasteiger partial charge in [-0.3, -0.25) is 9.69 Å². The number of nitrogens with one attached hydrogen (secondary N) is 2. The number of rotatable bonds is 4. The van der Waals surface area contributed by atoms with Crippen LogP contribution in [0.3, 0.4) is 0 Å². The molecule has 5 aromatic rings. The van der Waals surface area contributed by atoms with E-state index in [2.05, 4.69) is 36.6 Å². The summed E-state index contributed by atoms with van der Waals surface area (Å²) >= 11 is 10.0. The number of fused-ring (bicyclic) bond motifs is 1. The van der Waals surface area contributed by atoms with Gasteiger partial charge in [-0.05, 0) is 88.1 Å². The minimum Gasteiger partial charge on any atom is -0.327 e. The van der Waals surface area contributed by atoms with Crippen LogP contribution in [0.25, 0.3) is 16.8 Å². The molecule has 2 N–H and O–H groups in total. The summed E-state index contributed by atoms with van der Waals surface area (Å²) in [4.78, 5) is 32.6. The number of benzene rings is 3. The van der Waals surface area contributed by atoms with Gasteiger partial charge in [0.15, 0.2) is 5.65 Å². The van der Waals surface area contributed by atoms with Crippen LogP contribution in [0.2, 0.25) is 5.02 Å². The molecule has 0 aliphatic carbocycles. The normalized spacial score (nSPS) is 15.8. The second-order valence-corrected chi connectivity index (χ2v) is 11.6. The second kappa shape index (κ2) is 10.5. The fraction of sp³-hybridized carbons (Fsp3) is 0.133. The zero-order valence-electron chi connectivity index (χ0n) is 22.5. The summed E-state index contributed by atoms with van der Waals surface area (Å²) in [7, 11) is 0. The van der Waals surface area contributed by atoms with Gasteiger partial charge in [0.05, 0.1) is 17.3 Å². The average molecular weight is 704 g/mol. The van der Waals surface area contributed by atoms with Crippen molar-refractivity contribution in [2.75, 3.05) is 16.8 Å². The molecule has 2 aromatic heterocycles. The van der Waals surface area contributed by atoms with Crippen molar-refractivity contribution in [2.45, 2.75) is 18.6 Å². The summed E-state index contributed by atoms with van der Waals surface area (Å²) in [6.07, 6.45) is -3.13. The Morgan fingerprint density at radius 3 is 2.62 bits per heavy atom. The Bertz CT molecular complexity index is 2080. The minimum atomic E-state index is -4.90. The molecule has 4 heterocycles. The molecule has 0 saturated heterocycles. The molecule has 3 amide bonds. The highest BCUT2D eigenvalue weighted by molar-refractivity contribution is 9.10.